The molecule has 0 fully saturated rings. The van der Waals surface area contributed by atoms with Gasteiger partial charge in [0.25, 0.3) is 5.69 Å². The molecule has 0 aliphatic rings. The van der Waals surface area contributed by atoms with Crippen molar-refractivity contribution in [1.29, 1.82) is 0 Å². The van der Waals surface area contributed by atoms with E-state index in [1.807, 2.05) is 36.4 Å². The highest BCUT2D eigenvalue weighted by Crippen LogP contribution is 2.45. The molecule has 1 heterocycles. The van der Waals surface area contributed by atoms with E-state index in [0.717, 1.165) is 10.8 Å². The van der Waals surface area contributed by atoms with Gasteiger partial charge in [-0.15, -0.1) is 0 Å². The van der Waals surface area contributed by atoms with Crippen LogP contribution in [0.5, 0.6) is 11.5 Å². The molecule has 4 aromatic carbocycles. The Balaban J connectivity index is 1.80. The first-order chi connectivity index (χ1) is 14.6. The Labute approximate surface area is 176 Å². The molecule has 0 unspecified atom stereocenters. The first-order valence-corrected chi connectivity index (χ1v) is 9.61. The zero-order valence-electron chi connectivity index (χ0n) is 15.5. The Morgan fingerprint density at radius 1 is 0.800 bits per heavy atom. The molecule has 0 radical (unpaired) electrons. The zero-order chi connectivity index (χ0) is 20.7. The molecule has 0 N–H and O–H groups in total. The van der Waals surface area contributed by atoms with E-state index < -0.39 is 4.92 Å². The monoisotopic (exact) mass is 415 g/mol. The highest BCUT2D eigenvalue weighted by molar-refractivity contribution is 6.32. The van der Waals surface area contributed by atoms with E-state index in [9.17, 15) is 10.1 Å². The molecule has 0 amide bonds. The SMILES string of the molecule is O=[N+]([O-])c1cccc(Oc2ccccc2Cl)c1-c1cccc2c1oc1ccccc12. The second-order valence-electron chi connectivity index (χ2n) is 6.72. The summed E-state index contributed by atoms with van der Waals surface area (Å²) in [4.78, 5) is 11.4. The van der Waals surface area contributed by atoms with Crippen molar-refractivity contribution in [2.24, 2.45) is 0 Å². The summed E-state index contributed by atoms with van der Waals surface area (Å²) in [6, 6.07) is 25.0. The lowest BCUT2D eigenvalue weighted by Crippen LogP contribution is -1.96. The second kappa shape index (κ2) is 7.21. The normalized spacial score (nSPS) is 11.1. The van der Waals surface area contributed by atoms with Gasteiger partial charge in [-0.1, -0.05) is 66.2 Å². The number of hydrogen-bond donors (Lipinski definition) is 0. The topological polar surface area (TPSA) is 65.5 Å². The van der Waals surface area contributed by atoms with Gasteiger partial charge in [0.1, 0.15) is 28.2 Å². The van der Waals surface area contributed by atoms with E-state index >= 15 is 0 Å². The van der Waals surface area contributed by atoms with Crippen LogP contribution < -0.4 is 4.74 Å². The van der Waals surface area contributed by atoms with Crippen molar-refractivity contribution in [1.82, 2.24) is 0 Å². The summed E-state index contributed by atoms with van der Waals surface area (Å²) in [6.07, 6.45) is 0. The molecule has 6 heteroatoms. The van der Waals surface area contributed by atoms with Crippen molar-refractivity contribution >= 4 is 39.2 Å². The van der Waals surface area contributed by atoms with Gasteiger partial charge in [0.2, 0.25) is 0 Å². The van der Waals surface area contributed by atoms with Gasteiger partial charge < -0.3 is 9.15 Å². The number of nitro groups is 1. The molecule has 0 aliphatic heterocycles. The maximum atomic E-state index is 11.9. The molecule has 0 saturated heterocycles. The number of halogens is 1. The molecular formula is C24H14ClNO4. The van der Waals surface area contributed by atoms with E-state index in [4.69, 9.17) is 20.8 Å². The van der Waals surface area contributed by atoms with Gasteiger partial charge in [-0.05, 0) is 24.3 Å². The fourth-order valence-electron chi connectivity index (χ4n) is 3.62. The van der Waals surface area contributed by atoms with E-state index in [2.05, 4.69) is 0 Å². The molecule has 5 nitrogen and oxygen atoms in total. The van der Waals surface area contributed by atoms with Crippen LogP contribution in [-0.2, 0) is 0 Å². The minimum atomic E-state index is -0.420. The lowest BCUT2D eigenvalue weighted by molar-refractivity contribution is -0.384. The quantitative estimate of drug-likeness (QED) is 0.224. The number of nitro benzene ring substituents is 1. The predicted octanol–water partition coefficient (Wildman–Crippen LogP) is 7.61. The minimum absolute atomic E-state index is 0.0764. The molecule has 146 valence electrons. The van der Waals surface area contributed by atoms with Crippen molar-refractivity contribution in [2.75, 3.05) is 0 Å². The summed E-state index contributed by atoms with van der Waals surface area (Å²) in [5.41, 5.74) is 2.13. The minimum Gasteiger partial charge on any atom is -0.455 e. The highest BCUT2D eigenvalue weighted by atomic mass is 35.5. The fraction of sp³-hybridized carbons (Fsp3) is 0. The molecule has 5 aromatic rings. The number of para-hydroxylation sites is 3. The molecule has 5 rings (SSSR count). The predicted molar refractivity (Wildman–Crippen MR) is 117 cm³/mol. The van der Waals surface area contributed by atoms with Crippen LogP contribution >= 0.6 is 11.6 Å². The van der Waals surface area contributed by atoms with Crippen molar-refractivity contribution in [2.45, 2.75) is 0 Å². The maximum Gasteiger partial charge on any atom is 0.281 e. The van der Waals surface area contributed by atoms with Crippen molar-refractivity contribution in [3.8, 4) is 22.6 Å². The third kappa shape index (κ3) is 2.96. The number of nitrogens with zero attached hydrogens (tertiary/aromatic N) is 1. The van der Waals surface area contributed by atoms with E-state index in [0.29, 0.717) is 38.8 Å². The van der Waals surface area contributed by atoms with Crippen LogP contribution in [0.15, 0.2) is 89.3 Å². The lowest BCUT2D eigenvalue weighted by atomic mass is 9.99. The summed E-state index contributed by atoms with van der Waals surface area (Å²) in [5.74, 6) is 0.739. The maximum absolute atomic E-state index is 11.9. The summed E-state index contributed by atoms with van der Waals surface area (Å²) in [7, 11) is 0. The van der Waals surface area contributed by atoms with Crippen LogP contribution in [0.4, 0.5) is 5.69 Å². The van der Waals surface area contributed by atoms with Crippen LogP contribution in [0.3, 0.4) is 0 Å². The zero-order valence-corrected chi connectivity index (χ0v) is 16.3. The first kappa shape index (κ1) is 18.2. The van der Waals surface area contributed by atoms with Gasteiger partial charge in [-0.2, -0.15) is 0 Å². The number of rotatable bonds is 4. The average Bonchev–Trinajstić information content (AvgIpc) is 3.14. The standard InChI is InChI=1S/C24H14ClNO4/c25-18-10-2-4-13-21(18)29-22-14-6-11-19(26(27)28)23(22)17-9-5-8-16-15-7-1-3-12-20(15)30-24(16)17/h1-14H. The van der Waals surface area contributed by atoms with E-state index in [-0.39, 0.29) is 5.69 Å². The van der Waals surface area contributed by atoms with E-state index in [1.165, 1.54) is 6.07 Å². The molecule has 0 saturated carbocycles. The van der Waals surface area contributed by atoms with Gasteiger partial charge in [-0.3, -0.25) is 10.1 Å². The number of ether oxygens (including phenoxy) is 1. The van der Waals surface area contributed by atoms with Gasteiger partial charge in [-0.25, -0.2) is 0 Å². The van der Waals surface area contributed by atoms with Crippen molar-refractivity contribution < 1.29 is 14.1 Å². The Morgan fingerprint density at radius 3 is 2.33 bits per heavy atom. The van der Waals surface area contributed by atoms with Gasteiger partial charge in [0.05, 0.1) is 9.95 Å². The Hall–Kier alpha value is -3.83. The number of benzene rings is 4. The van der Waals surface area contributed by atoms with Gasteiger partial charge in [0.15, 0.2) is 0 Å². The number of furan rings is 1. The summed E-state index contributed by atoms with van der Waals surface area (Å²) >= 11 is 6.25. The summed E-state index contributed by atoms with van der Waals surface area (Å²) in [5, 5.41) is 14.1. The van der Waals surface area contributed by atoms with Crippen LogP contribution in [0, 0.1) is 10.1 Å². The molecule has 0 spiro atoms. The molecule has 0 bridgehead atoms. The first-order valence-electron chi connectivity index (χ1n) is 9.24. The average molecular weight is 416 g/mol. The molecule has 1 aromatic heterocycles. The number of hydrogen-bond acceptors (Lipinski definition) is 4. The molecule has 0 aliphatic carbocycles. The Morgan fingerprint density at radius 2 is 1.50 bits per heavy atom. The van der Waals surface area contributed by atoms with Crippen molar-refractivity contribution in [3.63, 3.8) is 0 Å². The lowest BCUT2D eigenvalue weighted by Gasteiger charge is -2.13. The molecule has 0 atom stereocenters. The van der Waals surface area contributed by atoms with Crippen LogP contribution in [0.2, 0.25) is 5.02 Å². The third-order valence-electron chi connectivity index (χ3n) is 4.93. The van der Waals surface area contributed by atoms with Gasteiger partial charge in [0, 0.05) is 22.4 Å². The summed E-state index contributed by atoms with van der Waals surface area (Å²) < 4.78 is 12.1. The largest absolute Gasteiger partial charge is 0.455 e. The van der Waals surface area contributed by atoms with E-state index in [1.54, 1.807) is 42.5 Å². The second-order valence-corrected chi connectivity index (χ2v) is 7.13. The molecular weight excluding hydrogens is 402 g/mol. The van der Waals surface area contributed by atoms with Gasteiger partial charge >= 0.3 is 0 Å². The third-order valence-corrected chi connectivity index (χ3v) is 5.24. The highest BCUT2D eigenvalue weighted by Gasteiger charge is 2.24. The van der Waals surface area contributed by atoms with Crippen LogP contribution in [0.25, 0.3) is 33.1 Å². The smallest absolute Gasteiger partial charge is 0.281 e. The Kier molecular flexibility index (Phi) is 4.38. The van der Waals surface area contributed by atoms with Crippen LogP contribution in [-0.4, -0.2) is 4.92 Å². The molecule has 30 heavy (non-hydrogen) atoms. The number of fused-ring (bicyclic) bond motifs is 3. The Bertz CT molecular complexity index is 1420. The summed E-state index contributed by atoms with van der Waals surface area (Å²) in [6.45, 7) is 0. The van der Waals surface area contributed by atoms with Crippen LogP contribution in [0.1, 0.15) is 0 Å². The van der Waals surface area contributed by atoms with Crippen molar-refractivity contribution in [3.05, 3.63) is 100 Å². The fourth-order valence-corrected chi connectivity index (χ4v) is 3.79.